The van der Waals surface area contributed by atoms with Crippen LogP contribution in [0.5, 0.6) is 0 Å². The van der Waals surface area contributed by atoms with Gasteiger partial charge in [-0.1, -0.05) is 42.5 Å². The molecular weight excluding hydrogens is 272 g/mol. The van der Waals surface area contributed by atoms with Crippen LogP contribution in [-0.4, -0.2) is 29.2 Å². The third-order valence-electron chi connectivity index (χ3n) is 3.42. The lowest BCUT2D eigenvalue weighted by atomic mass is 9.99. The number of aliphatic hydroxyl groups is 1. The van der Waals surface area contributed by atoms with Crippen LogP contribution in [0.15, 0.2) is 48.5 Å². The maximum absolute atomic E-state index is 9.84. The van der Waals surface area contributed by atoms with Crippen molar-refractivity contribution < 1.29 is 5.11 Å². The van der Waals surface area contributed by atoms with Gasteiger partial charge < -0.3 is 5.11 Å². The zero-order valence-corrected chi connectivity index (χ0v) is 13.4. The van der Waals surface area contributed by atoms with E-state index in [-0.39, 0.29) is 0 Å². The van der Waals surface area contributed by atoms with E-state index in [9.17, 15) is 10.4 Å². The van der Waals surface area contributed by atoms with Gasteiger partial charge in [0.15, 0.2) is 0 Å². The summed E-state index contributed by atoms with van der Waals surface area (Å²) in [5.41, 5.74) is 3.19. The van der Waals surface area contributed by atoms with Gasteiger partial charge in [0.1, 0.15) is 0 Å². The Bertz CT molecular complexity index is 663. The van der Waals surface area contributed by atoms with Crippen LogP contribution in [-0.2, 0) is 6.54 Å². The van der Waals surface area contributed by atoms with E-state index in [1.54, 1.807) is 0 Å². The van der Waals surface area contributed by atoms with Gasteiger partial charge in [-0.05, 0) is 43.7 Å². The van der Waals surface area contributed by atoms with Crippen molar-refractivity contribution in [1.29, 1.82) is 5.26 Å². The average molecular weight is 294 g/mol. The highest BCUT2D eigenvalue weighted by Gasteiger charge is 2.15. The molecule has 0 spiro atoms. The molecule has 114 valence electrons. The van der Waals surface area contributed by atoms with Gasteiger partial charge in [-0.25, -0.2) is 0 Å². The first-order valence-electron chi connectivity index (χ1n) is 7.38. The molecule has 0 radical (unpaired) electrons. The van der Waals surface area contributed by atoms with Crippen LogP contribution in [0, 0.1) is 11.3 Å². The molecule has 0 aliphatic rings. The molecule has 0 amide bonds. The van der Waals surface area contributed by atoms with Gasteiger partial charge in [-0.15, -0.1) is 0 Å². The number of likely N-dealkylation sites (N-methyl/N-ethyl adjacent to an activating group) is 1. The topological polar surface area (TPSA) is 47.3 Å². The molecule has 3 heteroatoms. The molecule has 0 fully saturated rings. The number of hydrogen-bond donors (Lipinski definition) is 1. The average Bonchev–Trinajstić information content (AvgIpc) is 2.46. The van der Waals surface area contributed by atoms with Gasteiger partial charge in [-0.3, -0.25) is 4.90 Å². The molecule has 2 aromatic carbocycles. The molecule has 22 heavy (non-hydrogen) atoms. The first-order valence-corrected chi connectivity index (χ1v) is 7.38. The zero-order valence-electron chi connectivity index (χ0n) is 13.4. The van der Waals surface area contributed by atoms with Crippen LogP contribution in [0.1, 0.15) is 25.0 Å². The second-order valence-electron chi connectivity index (χ2n) is 6.34. The summed E-state index contributed by atoms with van der Waals surface area (Å²) in [7, 11) is 2.00. The Balaban J connectivity index is 2.13. The fraction of sp³-hybridized carbons (Fsp3) is 0.316. The molecule has 1 N–H and O–H groups in total. The lowest BCUT2D eigenvalue weighted by Gasteiger charge is -2.25. The Morgan fingerprint density at radius 2 is 1.73 bits per heavy atom. The maximum atomic E-state index is 9.84. The van der Waals surface area contributed by atoms with Crippen molar-refractivity contribution in [1.82, 2.24) is 4.90 Å². The third-order valence-corrected chi connectivity index (χ3v) is 3.42. The number of rotatable bonds is 5. The predicted octanol–water partition coefficient (Wildman–Crippen LogP) is 3.43. The van der Waals surface area contributed by atoms with E-state index in [0.717, 1.165) is 17.7 Å². The molecule has 0 aliphatic heterocycles. The van der Waals surface area contributed by atoms with Crippen LogP contribution >= 0.6 is 0 Å². The van der Waals surface area contributed by atoms with Crippen LogP contribution < -0.4 is 0 Å². The van der Waals surface area contributed by atoms with E-state index in [1.807, 2.05) is 57.3 Å². The van der Waals surface area contributed by atoms with Gasteiger partial charge in [0, 0.05) is 13.1 Å². The van der Waals surface area contributed by atoms with Crippen LogP contribution in [0.2, 0.25) is 0 Å². The quantitative estimate of drug-likeness (QED) is 0.919. The highest BCUT2D eigenvalue weighted by Crippen LogP contribution is 2.23. The molecule has 2 aromatic rings. The Morgan fingerprint density at radius 1 is 1.09 bits per heavy atom. The van der Waals surface area contributed by atoms with Crippen molar-refractivity contribution in [3.05, 3.63) is 59.7 Å². The summed E-state index contributed by atoms with van der Waals surface area (Å²) >= 11 is 0. The summed E-state index contributed by atoms with van der Waals surface area (Å²) in [5, 5.41) is 19.0. The fourth-order valence-electron chi connectivity index (χ4n) is 2.65. The highest BCUT2D eigenvalue weighted by molar-refractivity contribution is 5.70. The van der Waals surface area contributed by atoms with Gasteiger partial charge in [-0.2, -0.15) is 5.26 Å². The minimum atomic E-state index is -0.694. The van der Waals surface area contributed by atoms with E-state index >= 15 is 0 Å². The van der Waals surface area contributed by atoms with Crippen molar-refractivity contribution in [2.24, 2.45) is 0 Å². The molecule has 0 aromatic heterocycles. The SMILES string of the molecule is CN(Cc1ccc(-c2ccccc2C#N)cc1)CC(C)(C)O. The summed E-state index contributed by atoms with van der Waals surface area (Å²) in [6.45, 7) is 5.02. The summed E-state index contributed by atoms with van der Waals surface area (Å²) in [6, 6.07) is 18.1. The molecule has 3 nitrogen and oxygen atoms in total. The number of nitrogens with zero attached hydrogens (tertiary/aromatic N) is 2. The fourth-order valence-corrected chi connectivity index (χ4v) is 2.65. The number of nitriles is 1. The molecule has 0 saturated heterocycles. The highest BCUT2D eigenvalue weighted by atomic mass is 16.3. The summed E-state index contributed by atoms with van der Waals surface area (Å²) in [4.78, 5) is 2.10. The predicted molar refractivity (Wildman–Crippen MR) is 89.2 cm³/mol. The Kier molecular flexibility index (Phi) is 4.97. The summed E-state index contributed by atoms with van der Waals surface area (Å²) < 4.78 is 0. The molecule has 0 aliphatic carbocycles. The van der Waals surface area contributed by atoms with Crippen molar-refractivity contribution >= 4 is 0 Å². The molecule has 0 saturated carbocycles. The molecule has 0 atom stereocenters. The lowest BCUT2D eigenvalue weighted by Crippen LogP contribution is -2.35. The van der Waals surface area contributed by atoms with Gasteiger partial charge in [0.05, 0.1) is 17.2 Å². The van der Waals surface area contributed by atoms with E-state index in [2.05, 4.69) is 23.1 Å². The standard InChI is InChI=1S/C19H22N2O/c1-19(2,22)14-21(3)13-15-8-10-16(11-9-15)18-7-5-4-6-17(18)12-20/h4-11,22H,13-14H2,1-3H3. The van der Waals surface area contributed by atoms with Crippen molar-refractivity contribution in [3.8, 4) is 17.2 Å². The van der Waals surface area contributed by atoms with Crippen molar-refractivity contribution in [3.63, 3.8) is 0 Å². The van der Waals surface area contributed by atoms with E-state index in [1.165, 1.54) is 5.56 Å². The Morgan fingerprint density at radius 3 is 2.32 bits per heavy atom. The maximum Gasteiger partial charge on any atom is 0.0998 e. The lowest BCUT2D eigenvalue weighted by molar-refractivity contribution is 0.0425. The minimum Gasteiger partial charge on any atom is -0.389 e. The van der Waals surface area contributed by atoms with Crippen LogP contribution in [0.25, 0.3) is 11.1 Å². The second-order valence-corrected chi connectivity index (χ2v) is 6.34. The summed E-state index contributed by atoms with van der Waals surface area (Å²) in [5.74, 6) is 0. The van der Waals surface area contributed by atoms with E-state index < -0.39 is 5.60 Å². The van der Waals surface area contributed by atoms with Crippen molar-refractivity contribution in [2.75, 3.05) is 13.6 Å². The number of hydrogen-bond acceptors (Lipinski definition) is 3. The first kappa shape index (κ1) is 16.2. The molecule has 2 rings (SSSR count). The Hall–Kier alpha value is -2.15. The molecule has 0 unspecified atom stereocenters. The Labute approximate surface area is 132 Å². The van der Waals surface area contributed by atoms with Gasteiger partial charge in [0.25, 0.3) is 0 Å². The summed E-state index contributed by atoms with van der Waals surface area (Å²) in [6.07, 6.45) is 0. The van der Waals surface area contributed by atoms with Crippen LogP contribution in [0.4, 0.5) is 0 Å². The molecular formula is C19H22N2O. The second kappa shape index (κ2) is 6.74. The molecule has 0 bridgehead atoms. The zero-order chi connectivity index (χ0) is 16.2. The smallest absolute Gasteiger partial charge is 0.0998 e. The monoisotopic (exact) mass is 294 g/mol. The van der Waals surface area contributed by atoms with Gasteiger partial charge in [0.2, 0.25) is 0 Å². The van der Waals surface area contributed by atoms with E-state index in [4.69, 9.17) is 0 Å². The first-order chi connectivity index (χ1) is 10.4. The van der Waals surface area contributed by atoms with Crippen molar-refractivity contribution in [2.45, 2.75) is 26.0 Å². The minimum absolute atomic E-state index is 0.617. The van der Waals surface area contributed by atoms with Gasteiger partial charge >= 0.3 is 0 Å². The molecule has 0 heterocycles. The van der Waals surface area contributed by atoms with E-state index in [0.29, 0.717) is 12.1 Å². The third kappa shape index (κ3) is 4.42. The largest absolute Gasteiger partial charge is 0.389 e. The number of benzene rings is 2. The van der Waals surface area contributed by atoms with Crippen LogP contribution in [0.3, 0.4) is 0 Å². The normalized spacial score (nSPS) is 11.5.